The maximum atomic E-state index is 12.5. The molecule has 3 aromatic carbocycles. The molecule has 2 N–H and O–H groups in total. The lowest BCUT2D eigenvalue weighted by Crippen LogP contribution is -2.12. The van der Waals surface area contributed by atoms with Gasteiger partial charge in [-0.15, -0.1) is 0 Å². The van der Waals surface area contributed by atoms with Gasteiger partial charge < -0.3 is 5.11 Å². The van der Waals surface area contributed by atoms with Crippen LogP contribution in [0.3, 0.4) is 0 Å². The number of carbonyl (C=O) groups is 1. The molecule has 0 amide bonds. The Kier molecular flexibility index (Phi) is 5.38. The Morgan fingerprint density at radius 3 is 2.00 bits per heavy atom. The number of carboxylic acid groups (broad SMARTS) is 1. The number of sulfonamides is 1. The predicted octanol–water partition coefficient (Wildman–Crippen LogP) is 4.25. The summed E-state index contributed by atoms with van der Waals surface area (Å²) in [5.74, 6) is -1.04. The van der Waals surface area contributed by atoms with Crippen molar-refractivity contribution in [2.24, 2.45) is 0 Å². The molecule has 0 aliphatic carbocycles. The summed E-state index contributed by atoms with van der Waals surface area (Å²) in [4.78, 5) is 10.7. The lowest BCUT2D eigenvalue weighted by atomic mass is 10.1. The fourth-order valence-corrected chi connectivity index (χ4v) is 3.56. The van der Waals surface area contributed by atoms with E-state index in [1.54, 1.807) is 48.5 Å². The molecule has 3 aromatic rings. The number of nitrogens with one attached hydrogen (secondary N) is 1. The van der Waals surface area contributed by atoms with Crippen molar-refractivity contribution >= 4 is 27.8 Å². The normalized spacial score (nSPS) is 11.4. The monoisotopic (exact) mass is 379 g/mol. The SMILES string of the molecule is O=C(O)/C=C/c1ccc(NS(=O)(=O)c2ccc(-c3ccccc3)cc2)cc1. The highest BCUT2D eigenvalue weighted by molar-refractivity contribution is 7.92. The van der Waals surface area contributed by atoms with Crippen LogP contribution >= 0.6 is 0 Å². The fraction of sp³-hybridized carbons (Fsp3) is 0. The molecule has 0 fully saturated rings. The number of benzene rings is 3. The molecule has 0 saturated carbocycles. The van der Waals surface area contributed by atoms with Gasteiger partial charge in [-0.1, -0.05) is 54.6 Å². The van der Waals surface area contributed by atoms with Crippen molar-refractivity contribution in [2.75, 3.05) is 4.72 Å². The highest BCUT2D eigenvalue weighted by atomic mass is 32.2. The van der Waals surface area contributed by atoms with Gasteiger partial charge in [-0.2, -0.15) is 0 Å². The zero-order valence-electron chi connectivity index (χ0n) is 14.2. The largest absolute Gasteiger partial charge is 0.478 e. The summed E-state index contributed by atoms with van der Waals surface area (Å²) in [5.41, 5.74) is 3.01. The van der Waals surface area contributed by atoms with E-state index >= 15 is 0 Å². The summed E-state index contributed by atoms with van der Waals surface area (Å²) >= 11 is 0. The highest BCUT2D eigenvalue weighted by Crippen LogP contribution is 2.22. The molecule has 0 heterocycles. The Morgan fingerprint density at radius 1 is 0.815 bits per heavy atom. The maximum absolute atomic E-state index is 12.5. The van der Waals surface area contributed by atoms with Crippen molar-refractivity contribution in [3.63, 3.8) is 0 Å². The summed E-state index contributed by atoms with van der Waals surface area (Å²) in [6.07, 6.45) is 2.45. The molecule has 0 aromatic heterocycles. The van der Waals surface area contributed by atoms with Crippen LogP contribution in [-0.2, 0) is 14.8 Å². The second kappa shape index (κ2) is 7.88. The standard InChI is InChI=1S/C21H17NO4S/c23-21(24)15-8-16-6-11-19(12-7-16)22-27(25,26)20-13-9-18(10-14-20)17-4-2-1-3-5-17/h1-15,22H,(H,23,24)/b15-8+. The third-order valence-corrected chi connectivity index (χ3v) is 5.25. The molecular formula is C21H17NO4S. The number of carboxylic acids is 1. The van der Waals surface area contributed by atoms with Gasteiger partial charge in [0.1, 0.15) is 0 Å². The van der Waals surface area contributed by atoms with Crippen molar-refractivity contribution in [1.29, 1.82) is 0 Å². The van der Waals surface area contributed by atoms with Crippen LogP contribution in [0, 0.1) is 0 Å². The molecular weight excluding hydrogens is 362 g/mol. The molecule has 27 heavy (non-hydrogen) atoms. The van der Waals surface area contributed by atoms with E-state index in [1.807, 2.05) is 30.3 Å². The first-order valence-electron chi connectivity index (χ1n) is 8.13. The van der Waals surface area contributed by atoms with E-state index in [1.165, 1.54) is 6.08 Å². The Balaban J connectivity index is 1.75. The van der Waals surface area contributed by atoms with Gasteiger partial charge in [0.2, 0.25) is 0 Å². The number of hydrogen-bond donors (Lipinski definition) is 2. The average molecular weight is 379 g/mol. The van der Waals surface area contributed by atoms with Gasteiger partial charge in [0.05, 0.1) is 4.90 Å². The Hall–Kier alpha value is -3.38. The molecule has 0 radical (unpaired) electrons. The molecule has 3 rings (SSSR count). The zero-order chi connectivity index (χ0) is 19.3. The topological polar surface area (TPSA) is 83.5 Å². The Labute approximate surface area is 157 Å². The molecule has 0 unspecified atom stereocenters. The Bertz CT molecular complexity index is 1060. The first kappa shape index (κ1) is 18.4. The first-order chi connectivity index (χ1) is 12.9. The number of aliphatic carboxylic acids is 1. The highest BCUT2D eigenvalue weighted by Gasteiger charge is 2.14. The van der Waals surface area contributed by atoms with Crippen LogP contribution in [0.2, 0.25) is 0 Å². The fourth-order valence-electron chi connectivity index (χ4n) is 2.50. The van der Waals surface area contributed by atoms with E-state index in [9.17, 15) is 13.2 Å². The van der Waals surface area contributed by atoms with E-state index in [0.717, 1.165) is 17.2 Å². The molecule has 0 saturated heterocycles. The van der Waals surface area contributed by atoms with Gasteiger partial charge in [-0.3, -0.25) is 4.72 Å². The summed E-state index contributed by atoms with van der Waals surface area (Å²) in [5, 5.41) is 8.62. The van der Waals surface area contributed by atoms with Crippen LogP contribution in [0.25, 0.3) is 17.2 Å². The predicted molar refractivity (Wildman–Crippen MR) is 106 cm³/mol. The quantitative estimate of drug-likeness (QED) is 0.627. The van der Waals surface area contributed by atoms with Crippen LogP contribution in [0.5, 0.6) is 0 Å². The van der Waals surface area contributed by atoms with Crippen molar-refractivity contribution in [2.45, 2.75) is 4.90 Å². The van der Waals surface area contributed by atoms with Gasteiger partial charge in [0.15, 0.2) is 0 Å². The van der Waals surface area contributed by atoms with E-state index in [-0.39, 0.29) is 4.90 Å². The van der Waals surface area contributed by atoms with Gasteiger partial charge in [0, 0.05) is 11.8 Å². The minimum atomic E-state index is -3.71. The van der Waals surface area contributed by atoms with Gasteiger partial charge >= 0.3 is 5.97 Å². The second-order valence-electron chi connectivity index (χ2n) is 5.79. The third kappa shape index (κ3) is 4.83. The van der Waals surface area contributed by atoms with E-state index < -0.39 is 16.0 Å². The molecule has 0 aliphatic rings. The molecule has 0 bridgehead atoms. The van der Waals surface area contributed by atoms with Crippen molar-refractivity contribution in [3.8, 4) is 11.1 Å². The second-order valence-corrected chi connectivity index (χ2v) is 7.47. The van der Waals surface area contributed by atoms with Crippen LogP contribution in [0.1, 0.15) is 5.56 Å². The maximum Gasteiger partial charge on any atom is 0.328 e. The average Bonchev–Trinajstić information content (AvgIpc) is 2.68. The summed E-state index contributed by atoms with van der Waals surface area (Å²) < 4.78 is 27.6. The van der Waals surface area contributed by atoms with Crippen LogP contribution < -0.4 is 4.72 Å². The number of hydrogen-bond acceptors (Lipinski definition) is 3. The van der Waals surface area contributed by atoms with Crippen LogP contribution in [0.15, 0.2) is 89.8 Å². The number of rotatable bonds is 6. The molecule has 6 heteroatoms. The van der Waals surface area contributed by atoms with E-state index in [2.05, 4.69) is 4.72 Å². The molecule has 136 valence electrons. The third-order valence-electron chi connectivity index (χ3n) is 3.85. The molecule has 0 atom stereocenters. The summed E-state index contributed by atoms with van der Waals surface area (Å²) in [6.45, 7) is 0. The minimum absolute atomic E-state index is 0.164. The zero-order valence-corrected chi connectivity index (χ0v) is 15.1. The minimum Gasteiger partial charge on any atom is -0.478 e. The Morgan fingerprint density at radius 2 is 1.41 bits per heavy atom. The lowest BCUT2D eigenvalue weighted by Gasteiger charge is -2.09. The van der Waals surface area contributed by atoms with Gasteiger partial charge in [0.25, 0.3) is 10.0 Å². The van der Waals surface area contributed by atoms with Crippen molar-refractivity contribution in [1.82, 2.24) is 0 Å². The first-order valence-corrected chi connectivity index (χ1v) is 9.62. The molecule has 0 aliphatic heterocycles. The van der Waals surface area contributed by atoms with Gasteiger partial charge in [-0.05, 0) is 47.0 Å². The van der Waals surface area contributed by atoms with Crippen molar-refractivity contribution < 1.29 is 18.3 Å². The van der Waals surface area contributed by atoms with Crippen LogP contribution in [0.4, 0.5) is 5.69 Å². The molecule has 0 spiro atoms. The summed E-state index contributed by atoms with van der Waals surface area (Å²) in [7, 11) is -3.71. The number of anilines is 1. The van der Waals surface area contributed by atoms with Crippen molar-refractivity contribution in [3.05, 3.63) is 90.5 Å². The molecule has 5 nitrogen and oxygen atoms in total. The van der Waals surface area contributed by atoms with E-state index in [0.29, 0.717) is 11.3 Å². The van der Waals surface area contributed by atoms with Crippen LogP contribution in [-0.4, -0.2) is 19.5 Å². The summed E-state index contributed by atoms with van der Waals surface area (Å²) in [6, 6.07) is 22.8. The van der Waals surface area contributed by atoms with E-state index in [4.69, 9.17) is 5.11 Å². The smallest absolute Gasteiger partial charge is 0.328 e. The van der Waals surface area contributed by atoms with Gasteiger partial charge in [-0.25, -0.2) is 13.2 Å². The lowest BCUT2D eigenvalue weighted by molar-refractivity contribution is -0.131.